The molecule has 3 aliphatic rings. The molecular formula is C26H39N5O5S2. The fraction of sp³-hybridized carbons (Fsp3) is 0.615. The van der Waals surface area contributed by atoms with Gasteiger partial charge in [0.25, 0.3) is 5.91 Å². The smallest absolute Gasteiger partial charge is 0.253 e. The van der Waals surface area contributed by atoms with E-state index in [9.17, 15) is 21.6 Å². The van der Waals surface area contributed by atoms with Crippen LogP contribution < -0.4 is 10.0 Å². The van der Waals surface area contributed by atoms with Crippen LogP contribution in [0.15, 0.2) is 33.5 Å². The van der Waals surface area contributed by atoms with Crippen molar-refractivity contribution in [2.75, 3.05) is 40.3 Å². The number of amides is 1. The van der Waals surface area contributed by atoms with Crippen molar-refractivity contribution in [3.63, 3.8) is 0 Å². The van der Waals surface area contributed by atoms with E-state index in [1.54, 1.807) is 13.0 Å². The van der Waals surface area contributed by atoms with Crippen LogP contribution in [0.25, 0.3) is 6.08 Å². The van der Waals surface area contributed by atoms with Gasteiger partial charge in [0, 0.05) is 37.5 Å². The Bertz CT molecular complexity index is 1310. The highest BCUT2D eigenvalue weighted by molar-refractivity contribution is 7.92. The number of sulfonamides is 2. The quantitative estimate of drug-likeness (QED) is 0.472. The van der Waals surface area contributed by atoms with E-state index in [2.05, 4.69) is 10.0 Å². The summed E-state index contributed by atoms with van der Waals surface area (Å²) in [5.74, 6) is 0.988. The fourth-order valence-electron chi connectivity index (χ4n) is 5.30. The van der Waals surface area contributed by atoms with Gasteiger partial charge < -0.3 is 10.2 Å². The van der Waals surface area contributed by atoms with E-state index in [0.29, 0.717) is 43.0 Å². The second-order valence-corrected chi connectivity index (χ2v) is 14.4. The zero-order chi connectivity index (χ0) is 27.6. The van der Waals surface area contributed by atoms with Gasteiger partial charge in [-0.15, -0.1) is 0 Å². The molecule has 0 atom stereocenters. The summed E-state index contributed by atoms with van der Waals surface area (Å²) in [4.78, 5) is 19.7. The number of hydrogen-bond donors (Lipinski definition) is 2. The highest BCUT2D eigenvalue weighted by Crippen LogP contribution is 2.35. The number of hydrogen-bond acceptors (Lipinski definition) is 7. The molecule has 12 heteroatoms. The van der Waals surface area contributed by atoms with E-state index in [1.807, 2.05) is 19.0 Å². The first-order valence-corrected chi connectivity index (χ1v) is 16.2. The van der Waals surface area contributed by atoms with E-state index in [-0.39, 0.29) is 23.9 Å². The molecule has 1 saturated carbocycles. The lowest BCUT2D eigenvalue weighted by molar-refractivity contribution is -0.125. The summed E-state index contributed by atoms with van der Waals surface area (Å²) in [7, 11) is -3.64. The van der Waals surface area contributed by atoms with Crippen molar-refractivity contribution in [1.82, 2.24) is 19.2 Å². The number of carbonyl (C=O) groups is 1. The van der Waals surface area contributed by atoms with Gasteiger partial charge in [0.05, 0.1) is 4.90 Å². The predicted molar refractivity (Wildman–Crippen MR) is 149 cm³/mol. The number of aliphatic imine (C=N–C) groups is 1. The first-order chi connectivity index (χ1) is 17.9. The van der Waals surface area contributed by atoms with Gasteiger partial charge in [0.15, 0.2) is 0 Å². The topological polar surface area (TPSA) is 128 Å². The summed E-state index contributed by atoms with van der Waals surface area (Å²) in [6.45, 7) is 3.05. The summed E-state index contributed by atoms with van der Waals surface area (Å²) in [5, 5.41) is 4.16. The van der Waals surface area contributed by atoms with Crippen LogP contribution in [0.2, 0.25) is 0 Å². The van der Waals surface area contributed by atoms with Crippen molar-refractivity contribution < 1.29 is 21.6 Å². The van der Waals surface area contributed by atoms with E-state index < -0.39 is 25.6 Å². The summed E-state index contributed by atoms with van der Waals surface area (Å²) in [6.07, 6.45) is 7.81. The minimum Gasteiger partial charge on any atom is -0.312 e. The number of likely N-dealkylation sites (N-methyl/N-ethyl adjacent to an activating group) is 1. The van der Waals surface area contributed by atoms with Crippen molar-refractivity contribution in [3.8, 4) is 0 Å². The Hall–Kier alpha value is -2.12. The maximum absolute atomic E-state index is 13.1. The lowest BCUT2D eigenvalue weighted by atomic mass is 9.88. The molecule has 1 spiro atoms. The zero-order valence-corrected chi connectivity index (χ0v) is 24.1. The number of benzene rings is 1. The molecule has 2 aliphatic heterocycles. The highest BCUT2D eigenvalue weighted by Gasteiger charge is 2.48. The average Bonchev–Trinajstić information content (AvgIpc) is 3.19. The van der Waals surface area contributed by atoms with E-state index in [4.69, 9.17) is 4.99 Å². The predicted octanol–water partition coefficient (Wildman–Crippen LogP) is 2.08. The molecule has 2 heterocycles. The van der Waals surface area contributed by atoms with Crippen LogP contribution >= 0.6 is 0 Å². The highest BCUT2D eigenvalue weighted by atomic mass is 32.2. The van der Waals surface area contributed by atoms with Crippen molar-refractivity contribution in [2.45, 2.75) is 62.3 Å². The second-order valence-electron chi connectivity index (χ2n) is 10.8. The molecule has 1 amide bonds. The number of aryl methyl sites for hydroxylation is 1. The molecule has 1 aliphatic carbocycles. The van der Waals surface area contributed by atoms with Crippen molar-refractivity contribution in [3.05, 3.63) is 34.7 Å². The summed E-state index contributed by atoms with van der Waals surface area (Å²) in [5.41, 5.74) is 0.406. The van der Waals surface area contributed by atoms with Gasteiger partial charge in [-0.2, -0.15) is 4.31 Å². The summed E-state index contributed by atoms with van der Waals surface area (Å²) < 4.78 is 55.2. The van der Waals surface area contributed by atoms with Gasteiger partial charge >= 0.3 is 0 Å². The second kappa shape index (κ2) is 11.5. The molecule has 10 nitrogen and oxygen atoms in total. The molecule has 0 radical (unpaired) electrons. The Morgan fingerprint density at radius 1 is 1.13 bits per heavy atom. The third-order valence-electron chi connectivity index (χ3n) is 7.72. The largest absolute Gasteiger partial charge is 0.312 e. The number of rotatable bonds is 9. The molecule has 38 heavy (non-hydrogen) atoms. The Balaban J connectivity index is 1.39. The van der Waals surface area contributed by atoms with Gasteiger partial charge in [0.2, 0.25) is 20.0 Å². The Morgan fingerprint density at radius 2 is 1.82 bits per heavy atom. The lowest BCUT2D eigenvalue weighted by Crippen LogP contribution is -2.50. The molecule has 1 saturated heterocycles. The number of piperidine rings is 1. The number of nitrogens with one attached hydrogen (secondary N) is 2. The standard InChI is InChI=1S/C26H39N5O5S2/c1-20-19-23(38(35,36)27-14-17-30(2)3)10-9-21(20)11-18-37(33,34)31-15-12-26(13-16-31)25(32)28-24(29-26)22-7-5-4-6-8-22/h9-11,18-19,22,27H,4-8,12-17H2,1-3H3,(H,28,29,32). The maximum Gasteiger partial charge on any atom is 0.253 e. The van der Waals surface area contributed by atoms with E-state index >= 15 is 0 Å². The zero-order valence-electron chi connectivity index (χ0n) is 22.4. The maximum atomic E-state index is 13.1. The Labute approximate surface area is 226 Å². The van der Waals surface area contributed by atoms with Gasteiger partial charge in [-0.05, 0) is 76.0 Å². The van der Waals surface area contributed by atoms with Gasteiger partial charge in [-0.25, -0.2) is 21.6 Å². The van der Waals surface area contributed by atoms with Crippen LogP contribution in [0.3, 0.4) is 0 Å². The molecule has 2 fully saturated rings. The Kier molecular flexibility index (Phi) is 8.78. The van der Waals surface area contributed by atoms with Gasteiger partial charge in [-0.1, -0.05) is 25.3 Å². The van der Waals surface area contributed by atoms with E-state index in [0.717, 1.165) is 36.9 Å². The van der Waals surface area contributed by atoms with Gasteiger partial charge in [-0.3, -0.25) is 9.79 Å². The van der Waals surface area contributed by atoms with E-state index in [1.165, 1.54) is 28.9 Å². The minimum atomic E-state index is -3.72. The molecular weight excluding hydrogens is 526 g/mol. The van der Waals surface area contributed by atoms with Crippen molar-refractivity contribution >= 4 is 37.9 Å². The normalized spacial score (nSPS) is 21.4. The average molecular weight is 566 g/mol. The third-order valence-corrected chi connectivity index (χ3v) is 10.7. The molecule has 1 aromatic rings. The number of nitrogens with zero attached hydrogens (tertiary/aromatic N) is 3. The van der Waals surface area contributed by atoms with Crippen LogP contribution in [0.1, 0.15) is 56.1 Å². The monoisotopic (exact) mass is 565 g/mol. The van der Waals surface area contributed by atoms with Crippen LogP contribution in [-0.4, -0.2) is 83.6 Å². The molecule has 210 valence electrons. The number of amidine groups is 1. The van der Waals surface area contributed by atoms with Gasteiger partial charge in [0.1, 0.15) is 11.4 Å². The molecule has 2 N–H and O–H groups in total. The Morgan fingerprint density at radius 3 is 2.45 bits per heavy atom. The summed E-state index contributed by atoms with van der Waals surface area (Å²) >= 11 is 0. The lowest BCUT2D eigenvalue weighted by Gasteiger charge is -2.34. The fourth-order valence-corrected chi connectivity index (χ4v) is 7.58. The first kappa shape index (κ1) is 28.9. The van der Waals surface area contributed by atoms with Crippen molar-refractivity contribution in [2.24, 2.45) is 10.9 Å². The first-order valence-electron chi connectivity index (χ1n) is 13.3. The number of carbonyl (C=O) groups excluding carboxylic acids is 1. The molecule has 0 bridgehead atoms. The van der Waals surface area contributed by atoms with Crippen LogP contribution in [0.5, 0.6) is 0 Å². The SMILES string of the molecule is Cc1cc(S(=O)(=O)NCCN(C)C)ccc1C=CS(=O)(=O)N1CCC2(CC1)N=C(C1CCCCC1)NC2=O. The van der Waals surface area contributed by atoms with Crippen LogP contribution in [-0.2, 0) is 24.8 Å². The van der Waals surface area contributed by atoms with Crippen LogP contribution in [0.4, 0.5) is 0 Å². The van der Waals surface area contributed by atoms with Crippen LogP contribution in [0, 0.1) is 12.8 Å². The van der Waals surface area contributed by atoms with Crippen molar-refractivity contribution in [1.29, 1.82) is 0 Å². The summed E-state index contributed by atoms with van der Waals surface area (Å²) in [6, 6.07) is 4.62. The molecule has 0 aromatic heterocycles. The molecule has 4 rings (SSSR count). The minimum absolute atomic E-state index is 0.104. The molecule has 0 unspecified atom stereocenters. The molecule has 1 aromatic carbocycles. The third kappa shape index (κ3) is 6.53.